The number of nitrogens with one attached hydrogen (secondary N) is 3. The molecule has 1 aliphatic rings. The summed E-state index contributed by atoms with van der Waals surface area (Å²) >= 11 is 0. The van der Waals surface area contributed by atoms with E-state index in [1.807, 2.05) is 7.05 Å². The molecule has 2 heterocycles. The van der Waals surface area contributed by atoms with Crippen LogP contribution in [-0.4, -0.2) is 42.5 Å². The molecular weight excluding hydrogens is 480 g/mol. The molecule has 0 saturated carbocycles. The molecule has 1 aliphatic heterocycles. The monoisotopic (exact) mass is 518 g/mol. The molecule has 0 bridgehead atoms. The summed E-state index contributed by atoms with van der Waals surface area (Å²) in [4.78, 5) is 13.1. The number of nitrogens with zero attached hydrogens (tertiary/aromatic N) is 2. The second kappa shape index (κ2) is 11.6. The molecule has 1 unspecified atom stereocenters. The van der Waals surface area contributed by atoms with Crippen molar-refractivity contribution in [2.45, 2.75) is 44.6 Å². The molecule has 0 amide bonds. The lowest BCUT2D eigenvalue weighted by Crippen LogP contribution is -2.23. The van der Waals surface area contributed by atoms with Crippen molar-refractivity contribution in [2.24, 2.45) is 10.7 Å². The number of hydrogen-bond acceptors (Lipinski definition) is 5. The van der Waals surface area contributed by atoms with Crippen LogP contribution in [0.25, 0.3) is 43.7 Å². The zero-order valence-electron chi connectivity index (χ0n) is 22.8. The molecule has 5 N–H and O–H groups in total. The molecular formula is C33H38N6. The lowest BCUT2D eigenvalue weighted by molar-refractivity contribution is 0.675. The van der Waals surface area contributed by atoms with Crippen LogP contribution < -0.4 is 16.4 Å². The third kappa shape index (κ3) is 5.54. The molecule has 0 fully saturated rings. The predicted octanol–water partition coefficient (Wildman–Crippen LogP) is 6.25. The minimum Gasteiger partial charge on any atom is -0.365 e. The molecule has 200 valence electrons. The van der Waals surface area contributed by atoms with E-state index in [1.165, 1.54) is 44.7 Å². The van der Waals surface area contributed by atoms with Gasteiger partial charge in [0.15, 0.2) is 0 Å². The Bertz CT molecular complexity index is 1630. The van der Waals surface area contributed by atoms with Gasteiger partial charge in [-0.2, -0.15) is 0 Å². The summed E-state index contributed by atoms with van der Waals surface area (Å²) in [6.07, 6.45) is 6.40. The van der Waals surface area contributed by atoms with E-state index in [1.54, 1.807) is 0 Å². The molecule has 0 aliphatic carbocycles. The van der Waals surface area contributed by atoms with Gasteiger partial charge in [0, 0.05) is 18.2 Å². The summed E-state index contributed by atoms with van der Waals surface area (Å²) in [5, 5.41) is 11.8. The highest BCUT2D eigenvalue weighted by Crippen LogP contribution is 2.32. The minimum atomic E-state index is 0.273. The lowest BCUT2D eigenvalue weighted by Gasteiger charge is -2.14. The van der Waals surface area contributed by atoms with Crippen molar-refractivity contribution in [1.29, 1.82) is 0 Å². The summed E-state index contributed by atoms with van der Waals surface area (Å²) in [5.74, 6) is 2.20. The summed E-state index contributed by atoms with van der Waals surface area (Å²) in [7, 11) is 2.01. The zero-order valence-corrected chi connectivity index (χ0v) is 22.8. The Kier molecular flexibility index (Phi) is 7.57. The second-order valence-electron chi connectivity index (χ2n) is 10.7. The average molecular weight is 519 g/mol. The van der Waals surface area contributed by atoms with Crippen molar-refractivity contribution >= 4 is 38.4 Å². The Morgan fingerprint density at radius 2 is 1.62 bits per heavy atom. The van der Waals surface area contributed by atoms with Gasteiger partial charge in [0.05, 0.1) is 29.5 Å². The van der Waals surface area contributed by atoms with E-state index in [0.717, 1.165) is 74.4 Å². The van der Waals surface area contributed by atoms with Gasteiger partial charge in [0.2, 0.25) is 0 Å². The van der Waals surface area contributed by atoms with Gasteiger partial charge in [-0.1, -0.05) is 42.5 Å². The first-order chi connectivity index (χ1) is 19.2. The van der Waals surface area contributed by atoms with Crippen molar-refractivity contribution in [3.8, 4) is 11.1 Å². The predicted molar refractivity (Wildman–Crippen MR) is 164 cm³/mol. The number of aryl methyl sites for hydroxylation is 1. The van der Waals surface area contributed by atoms with Crippen LogP contribution in [0.3, 0.4) is 0 Å². The third-order valence-corrected chi connectivity index (χ3v) is 7.89. The number of unbranched alkanes of at least 4 members (excludes halogenated alkanes) is 2. The van der Waals surface area contributed by atoms with Crippen LogP contribution in [0.2, 0.25) is 0 Å². The number of benzene rings is 4. The highest BCUT2D eigenvalue weighted by Gasteiger charge is 2.19. The lowest BCUT2D eigenvalue weighted by atomic mass is 9.96. The molecule has 0 radical (unpaired) electrons. The standard InChI is InChI=1S/C33H38N6/c1-35-17-5-3-6-31-36-21-30(38-31)27-11-10-23-18-22(8-9-24(23)20-27)25-12-14-28-26(19-25)13-15-29-33(28)39-32(37-29)7-2-4-16-34/h8-15,18-20,30,35H,2-7,16-17,21,34H2,1H3,(H,36,38)(H,37,39). The maximum atomic E-state index is 5.65. The van der Waals surface area contributed by atoms with E-state index in [2.05, 4.69) is 82.3 Å². The summed E-state index contributed by atoms with van der Waals surface area (Å²) < 4.78 is 0. The van der Waals surface area contributed by atoms with Gasteiger partial charge in [-0.25, -0.2) is 4.98 Å². The molecule has 39 heavy (non-hydrogen) atoms. The summed E-state index contributed by atoms with van der Waals surface area (Å²) in [6, 6.07) is 24.9. The SMILES string of the molecule is CNCCCCC1=NCC(c2ccc3cc(-c4ccc5c(ccc6nc(CCCCN)[nH]c65)c4)ccc3c2)N1. The van der Waals surface area contributed by atoms with E-state index in [9.17, 15) is 0 Å². The number of aromatic amines is 1. The Hall–Kier alpha value is -3.74. The number of aromatic nitrogens is 2. The van der Waals surface area contributed by atoms with Crippen molar-refractivity contribution < 1.29 is 0 Å². The molecule has 1 atom stereocenters. The number of fused-ring (bicyclic) bond motifs is 4. The van der Waals surface area contributed by atoms with Crippen LogP contribution in [0, 0.1) is 0 Å². The van der Waals surface area contributed by atoms with E-state index in [4.69, 9.17) is 15.7 Å². The molecule has 5 aromatic rings. The summed E-state index contributed by atoms with van der Waals surface area (Å²) in [6.45, 7) is 2.61. The number of H-pyrrole nitrogens is 1. The van der Waals surface area contributed by atoms with Crippen molar-refractivity contribution in [1.82, 2.24) is 20.6 Å². The number of hydrogen-bond donors (Lipinski definition) is 4. The van der Waals surface area contributed by atoms with E-state index in [-0.39, 0.29) is 6.04 Å². The van der Waals surface area contributed by atoms with E-state index < -0.39 is 0 Å². The molecule has 0 saturated heterocycles. The minimum absolute atomic E-state index is 0.273. The maximum Gasteiger partial charge on any atom is 0.107 e. The highest BCUT2D eigenvalue weighted by molar-refractivity contribution is 6.05. The first-order valence-electron chi connectivity index (χ1n) is 14.3. The fourth-order valence-electron chi connectivity index (χ4n) is 5.68. The van der Waals surface area contributed by atoms with Crippen LogP contribution in [0.1, 0.15) is 49.5 Å². The fourth-order valence-corrected chi connectivity index (χ4v) is 5.68. The number of nitrogens with two attached hydrogens (primary N) is 1. The molecule has 6 nitrogen and oxygen atoms in total. The van der Waals surface area contributed by atoms with Crippen LogP contribution in [0.5, 0.6) is 0 Å². The molecule has 6 rings (SSSR count). The molecule has 4 aromatic carbocycles. The number of imidazole rings is 1. The van der Waals surface area contributed by atoms with Gasteiger partial charge in [0.25, 0.3) is 0 Å². The normalized spacial score (nSPS) is 15.3. The maximum absolute atomic E-state index is 5.65. The summed E-state index contributed by atoms with van der Waals surface area (Å²) in [5.41, 5.74) is 11.6. The van der Waals surface area contributed by atoms with E-state index in [0.29, 0.717) is 0 Å². The van der Waals surface area contributed by atoms with Crippen LogP contribution in [-0.2, 0) is 6.42 Å². The fraction of sp³-hybridized carbons (Fsp3) is 0.333. The Labute approximate surface area is 230 Å². The van der Waals surface area contributed by atoms with Crippen LogP contribution in [0.15, 0.2) is 71.7 Å². The van der Waals surface area contributed by atoms with Gasteiger partial charge < -0.3 is 21.4 Å². The van der Waals surface area contributed by atoms with Crippen LogP contribution in [0.4, 0.5) is 0 Å². The van der Waals surface area contributed by atoms with Gasteiger partial charge in [-0.05, 0) is 103 Å². The largest absolute Gasteiger partial charge is 0.365 e. The topological polar surface area (TPSA) is 91.1 Å². The average Bonchev–Trinajstić information content (AvgIpc) is 3.62. The number of aliphatic imine (C=N–C) groups is 1. The third-order valence-electron chi connectivity index (χ3n) is 7.89. The van der Waals surface area contributed by atoms with Gasteiger partial charge >= 0.3 is 0 Å². The molecule has 1 aromatic heterocycles. The van der Waals surface area contributed by atoms with Crippen molar-refractivity contribution in [2.75, 3.05) is 26.7 Å². The smallest absolute Gasteiger partial charge is 0.107 e. The quantitative estimate of drug-likeness (QED) is 0.156. The zero-order chi connectivity index (χ0) is 26.6. The Morgan fingerprint density at radius 3 is 2.49 bits per heavy atom. The Balaban J connectivity index is 1.19. The highest BCUT2D eigenvalue weighted by atomic mass is 15.1. The van der Waals surface area contributed by atoms with Crippen molar-refractivity contribution in [3.05, 3.63) is 78.1 Å². The first-order valence-corrected chi connectivity index (χ1v) is 14.3. The van der Waals surface area contributed by atoms with Gasteiger partial charge in [-0.15, -0.1) is 0 Å². The number of rotatable bonds is 11. The van der Waals surface area contributed by atoms with E-state index >= 15 is 0 Å². The van der Waals surface area contributed by atoms with Crippen LogP contribution >= 0.6 is 0 Å². The van der Waals surface area contributed by atoms with Gasteiger partial charge in [-0.3, -0.25) is 4.99 Å². The first kappa shape index (κ1) is 25.5. The van der Waals surface area contributed by atoms with Crippen molar-refractivity contribution in [3.63, 3.8) is 0 Å². The second-order valence-corrected chi connectivity index (χ2v) is 10.7. The number of amidine groups is 1. The Morgan fingerprint density at radius 1 is 0.846 bits per heavy atom. The molecule has 6 heteroatoms. The molecule has 0 spiro atoms. The van der Waals surface area contributed by atoms with Gasteiger partial charge in [0.1, 0.15) is 5.82 Å².